The van der Waals surface area contributed by atoms with Gasteiger partial charge in [-0.05, 0) is 68.1 Å². The summed E-state index contributed by atoms with van der Waals surface area (Å²) in [5.74, 6) is -3.64. The molecule has 0 aliphatic heterocycles. The zero-order chi connectivity index (χ0) is 45.4. The number of nitrogens with one attached hydrogen (secondary N) is 5. The number of hydrogen-bond donors (Lipinski definition) is 7. The van der Waals surface area contributed by atoms with Crippen molar-refractivity contribution >= 4 is 58.4 Å². The monoisotopic (exact) mass is 860 g/mol. The molecular formula is C42H56N10O10. The third-order valence-electron chi connectivity index (χ3n) is 9.26. The normalized spacial score (nSPS) is 12.8. The Balaban J connectivity index is 1.44. The topological polar surface area (TPSA) is 289 Å². The standard InChI is InChI=1S/C42H56N10O10/c1-4-5-22-44-39(56)35(27-36(43)54)47-41(58)38(28(2)53)48-40(57)34(26-29-11-7-6-8-12-29)46-37(55)13-9-10-23-45-42(59)62-25-24-51(3)32-18-14-30(15-19-32)49-50-31-16-20-33(21-17-31)52(60)61/h6-8,11-12,14-21,28,34-35,38,53H,4-5,9-10,13,22-27H2,1-3H3,(H2,43,54)(H,44,56)(H,45,59)(H,46,55)(H,47,58)(H,48,57)/t28-,34+,35+,38+/m1/s1. The average molecular weight is 861 g/mol. The molecule has 6 amide bonds. The molecule has 3 aromatic carbocycles. The van der Waals surface area contributed by atoms with Crippen LogP contribution in [-0.2, 0) is 35.1 Å². The molecule has 0 saturated carbocycles. The highest BCUT2D eigenvalue weighted by Gasteiger charge is 2.33. The second-order valence-electron chi connectivity index (χ2n) is 14.3. The van der Waals surface area contributed by atoms with E-state index < -0.39 is 71.2 Å². The quantitative estimate of drug-likeness (QED) is 0.0266. The van der Waals surface area contributed by atoms with Gasteiger partial charge in [-0.2, -0.15) is 10.2 Å². The molecule has 62 heavy (non-hydrogen) atoms. The van der Waals surface area contributed by atoms with Crippen LogP contribution in [-0.4, -0.2) is 103 Å². The second kappa shape index (κ2) is 26.3. The fraction of sp³-hybridized carbons (Fsp3) is 0.429. The number of aliphatic hydroxyl groups excluding tert-OH is 1. The van der Waals surface area contributed by atoms with Gasteiger partial charge >= 0.3 is 6.09 Å². The van der Waals surface area contributed by atoms with Gasteiger partial charge < -0.3 is 47.1 Å². The van der Waals surface area contributed by atoms with Crippen molar-refractivity contribution < 1.29 is 43.5 Å². The van der Waals surface area contributed by atoms with Crippen LogP contribution in [0.2, 0.25) is 0 Å². The molecular weight excluding hydrogens is 805 g/mol. The van der Waals surface area contributed by atoms with Gasteiger partial charge in [0.1, 0.15) is 24.7 Å². The Bertz CT molecular complexity index is 1960. The first-order chi connectivity index (χ1) is 29.7. The van der Waals surface area contributed by atoms with Crippen LogP contribution in [0.15, 0.2) is 89.1 Å². The van der Waals surface area contributed by atoms with Gasteiger partial charge in [-0.1, -0.05) is 43.7 Å². The van der Waals surface area contributed by atoms with Gasteiger partial charge in [0, 0.05) is 50.8 Å². The van der Waals surface area contributed by atoms with Gasteiger partial charge in [-0.15, -0.1) is 0 Å². The lowest BCUT2D eigenvalue weighted by molar-refractivity contribution is -0.384. The van der Waals surface area contributed by atoms with Crippen LogP contribution < -0.4 is 37.2 Å². The molecule has 0 aliphatic rings. The predicted molar refractivity (Wildman–Crippen MR) is 230 cm³/mol. The summed E-state index contributed by atoms with van der Waals surface area (Å²) in [6.07, 6.45) is -0.232. The number of hydrogen-bond acceptors (Lipinski definition) is 13. The number of carbonyl (C=O) groups excluding carboxylic acids is 6. The van der Waals surface area contributed by atoms with Gasteiger partial charge in [-0.3, -0.25) is 34.1 Å². The van der Waals surface area contributed by atoms with Gasteiger partial charge in [-0.25, -0.2) is 4.79 Å². The lowest BCUT2D eigenvalue weighted by Crippen LogP contribution is -2.60. The van der Waals surface area contributed by atoms with Crippen molar-refractivity contribution in [3.8, 4) is 0 Å². The number of amides is 6. The van der Waals surface area contributed by atoms with Crippen molar-refractivity contribution in [2.45, 2.75) is 83.0 Å². The van der Waals surface area contributed by atoms with Crippen LogP contribution in [0.5, 0.6) is 0 Å². The summed E-state index contributed by atoms with van der Waals surface area (Å²) in [7, 11) is 1.83. The zero-order valence-corrected chi connectivity index (χ0v) is 35.1. The number of nitro benzene ring substituents is 1. The van der Waals surface area contributed by atoms with Crippen molar-refractivity contribution in [1.29, 1.82) is 0 Å². The summed E-state index contributed by atoms with van der Waals surface area (Å²) in [5.41, 5.74) is 7.87. The Morgan fingerprint density at radius 1 is 0.806 bits per heavy atom. The van der Waals surface area contributed by atoms with E-state index in [1.807, 2.05) is 31.0 Å². The number of alkyl carbamates (subject to hydrolysis) is 1. The number of ether oxygens (including phenoxy) is 1. The van der Waals surface area contributed by atoms with E-state index in [1.54, 1.807) is 42.5 Å². The number of primary amides is 1. The summed E-state index contributed by atoms with van der Waals surface area (Å²) < 4.78 is 5.29. The van der Waals surface area contributed by atoms with E-state index in [2.05, 4.69) is 36.8 Å². The molecule has 0 saturated heterocycles. The Kier molecular flexibility index (Phi) is 21.0. The molecule has 20 heteroatoms. The number of rotatable bonds is 26. The molecule has 0 aliphatic carbocycles. The first-order valence-electron chi connectivity index (χ1n) is 20.2. The van der Waals surface area contributed by atoms with Crippen LogP contribution in [0, 0.1) is 10.1 Å². The number of likely N-dealkylation sites (N-methyl/N-ethyl adjacent to an activating group) is 1. The highest BCUT2D eigenvalue weighted by Crippen LogP contribution is 2.23. The number of carbonyl (C=O) groups is 6. The first kappa shape index (κ1) is 49.4. The van der Waals surface area contributed by atoms with Gasteiger partial charge in [0.2, 0.25) is 29.5 Å². The molecule has 0 spiro atoms. The fourth-order valence-electron chi connectivity index (χ4n) is 5.75. The van der Waals surface area contributed by atoms with Crippen molar-refractivity contribution in [3.63, 3.8) is 0 Å². The highest BCUT2D eigenvalue weighted by molar-refractivity contribution is 5.96. The van der Waals surface area contributed by atoms with E-state index in [0.717, 1.165) is 12.1 Å². The number of anilines is 1. The zero-order valence-electron chi connectivity index (χ0n) is 35.1. The average Bonchev–Trinajstić information content (AvgIpc) is 3.24. The number of benzene rings is 3. The van der Waals surface area contributed by atoms with Crippen molar-refractivity contribution in [2.24, 2.45) is 16.0 Å². The minimum absolute atomic E-state index is 0.0134. The minimum Gasteiger partial charge on any atom is -0.448 e. The third-order valence-corrected chi connectivity index (χ3v) is 9.26. The van der Waals surface area contributed by atoms with Crippen LogP contribution in [0.4, 0.5) is 27.5 Å². The molecule has 4 atom stereocenters. The molecule has 0 unspecified atom stereocenters. The maximum Gasteiger partial charge on any atom is 0.407 e. The van der Waals surface area contributed by atoms with E-state index in [0.29, 0.717) is 49.3 Å². The maximum atomic E-state index is 13.6. The second-order valence-corrected chi connectivity index (χ2v) is 14.3. The van der Waals surface area contributed by atoms with E-state index >= 15 is 0 Å². The SMILES string of the molecule is CCCCNC(=O)[C@H](CC(N)=O)NC(=O)[C@@H](NC(=O)[C@H](Cc1ccccc1)NC(=O)CCCCNC(=O)OCCN(C)c1ccc(N=Nc2ccc([N+](=O)[O-])cc2)cc1)[C@@H](C)O. The molecule has 0 radical (unpaired) electrons. The van der Waals surface area contributed by atoms with Gasteiger partial charge in [0.05, 0.1) is 35.4 Å². The maximum absolute atomic E-state index is 13.6. The smallest absolute Gasteiger partial charge is 0.407 e. The molecule has 8 N–H and O–H groups in total. The summed E-state index contributed by atoms with van der Waals surface area (Å²) in [5, 5.41) is 42.4. The molecule has 0 bridgehead atoms. The number of azo groups is 1. The lowest BCUT2D eigenvalue weighted by atomic mass is 10.0. The molecule has 20 nitrogen and oxygen atoms in total. The Morgan fingerprint density at radius 3 is 2.03 bits per heavy atom. The largest absolute Gasteiger partial charge is 0.448 e. The molecule has 0 fully saturated rings. The predicted octanol–water partition coefficient (Wildman–Crippen LogP) is 3.21. The third kappa shape index (κ3) is 18.1. The van der Waals surface area contributed by atoms with Gasteiger partial charge in [0.15, 0.2) is 0 Å². The molecule has 334 valence electrons. The number of nitrogens with zero attached hydrogens (tertiary/aromatic N) is 4. The van der Waals surface area contributed by atoms with Crippen LogP contribution in [0.1, 0.15) is 57.9 Å². The van der Waals surface area contributed by atoms with E-state index in [4.69, 9.17) is 10.5 Å². The summed E-state index contributed by atoms with van der Waals surface area (Å²) in [6.45, 7) is 4.22. The number of aliphatic hydroxyl groups is 1. The summed E-state index contributed by atoms with van der Waals surface area (Å²) in [6, 6.07) is 17.7. The molecule has 3 rings (SSSR count). The van der Waals surface area contributed by atoms with Crippen molar-refractivity contribution in [3.05, 3.63) is 94.5 Å². The number of nitro groups is 1. The molecule has 3 aromatic rings. The fourth-order valence-corrected chi connectivity index (χ4v) is 5.75. The van der Waals surface area contributed by atoms with Crippen molar-refractivity contribution in [2.75, 3.05) is 38.2 Å². The molecule has 0 heterocycles. The van der Waals surface area contributed by atoms with Gasteiger partial charge in [0.25, 0.3) is 5.69 Å². The Labute approximate surface area is 359 Å². The summed E-state index contributed by atoms with van der Waals surface area (Å²) >= 11 is 0. The Morgan fingerprint density at radius 2 is 1.44 bits per heavy atom. The molecule has 0 aromatic heterocycles. The van der Waals surface area contributed by atoms with E-state index in [1.165, 1.54) is 31.2 Å². The highest BCUT2D eigenvalue weighted by atomic mass is 16.6. The summed E-state index contributed by atoms with van der Waals surface area (Å²) in [4.78, 5) is 88.8. The lowest BCUT2D eigenvalue weighted by Gasteiger charge is -2.26. The van der Waals surface area contributed by atoms with Crippen molar-refractivity contribution in [1.82, 2.24) is 26.6 Å². The number of unbranched alkanes of at least 4 members (excludes halogenated alkanes) is 2. The van der Waals surface area contributed by atoms with Crippen LogP contribution in [0.25, 0.3) is 0 Å². The van der Waals surface area contributed by atoms with E-state index in [9.17, 15) is 44.0 Å². The van der Waals surface area contributed by atoms with E-state index in [-0.39, 0.29) is 31.7 Å². The number of non-ortho nitro benzene ring substituents is 1. The Hall–Kier alpha value is -6.96. The minimum atomic E-state index is -1.54. The van der Waals surface area contributed by atoms with Crippen LogP contribution >= 0.6 is 0 Å². The van der Waals surface area contributed by atoms with Crippen LogP contribution in [0.3, 0.4) is 0 Å². The first-order valence-corrected chi connectivity index (χ1v) is 20.2. The number of nitrogens with two attached hydrogens (primary N) is 1.